The van der Waals surface area contributed by atoms with Gasteiger partial charge in [0.1, 0.15) is 25.2 Å². The van der Waals surface area contributed by atoms with E-state index >= 15 is 0 Å². The Bertz CT molecular complexity index is 797. The number of benzene rings is 1. The Kier molecular flexibility index (Phi) is 4.35. The summed E-state index contributed by atoms with van der Waals surface area (Å²) in [5, 5.41) is 8.85. The number of rotatable bonds is 5. The van der Waals surface area contributed by atoms with Gasteiger partial charge >= 0.3 is 0 Å². The Hall–Kier alpha value is -2.51. The third-order valence-corrected chi connectivity index (χ3v) is 4.34. The van der Waals surface area contributed by atoms with E-state index in [1.807, 2.05) is 41.2 Å². The van der Waals surface area contributed by atoms with Gasteiger partial charge in [0.25, 0.3) is 0 Å². The standard InChI is InChI=1S/C17H20N6O/c1-2-4-14(5-3-1)23-17-15(12-21-23)16(19-13-20-17)18-6-7-22-8-10-24-11-9-22/h1-5,12-13H,6-11H2,(H,18,19,20)/p+1. The van der Waals surface area contributed by atoms with E-state index in [0.29, 0.717) is 0 Å². The van der Waals surface area contributed by atoms with Crippen molar-refractivity contribution < 1.29 is 9.64 Å². The molecular formula is C17H21N6O+. The second-order valence-corrected chi connectivity index (χ2v) is 5.89. The van der Waals surface area contributed by atoms with Gasteiger partial charge in [0.15, 0.2) is 5.65 Å². The molecule has 2 aromatic heterocycles. The maximum Gasteiger partial charge on any atom is 0.168 e. The molecule has 3 aromatic rings. The van der Waals surface area contributed by atoms with Crippen LogP contribution in [0.3, 0.4) is 0 Å². The summed E-state index contributed by atoms with van der Waals surface area (Å²) >= 11 is 0. The number of aromatic nitrogens is 4. The molecule has 0 radical (unpaired) electrons. The predicted octanol–water partition coefficient (Wildman–Crippen LogP) is 0.143. The predicted molar refractivity (Wildman–Crippen MR) is 91.5 cm³/mol. The number of morpholine rings is 1. The van der Waals surface area contributed by atoms with Gasteiger partial charge in [-0.25, -0.2) is 14.6 Å². The highest BCUT2D eigenvalue weighted by Gasteiger charge is 2.14. The summed E-state index contributed by atoms with van der Waals surface area (Å²) in [6.07, 6.45) is 3.42. The molecule has 4 rings (SSSR count). The van der Waals surface area contributed by atoms with Gasteiger partial charge in [-0.3, -0.25) is 0 Å². The van der Waals surface area contributed by atoms with Crippen LogP contribution in [0.15, 0.2) is 42.9 Å². The fourth-order valence-corrected chi connectivity index (χ4v) is 3.01. The molecule has 2 N–H and O–H groups in total. The topological polar surface area (TPSA) is 69.3 Å². The summed E-state index contributed by atoms with van der Waals surface area (Å²) in [5.41, 5.74) is 1.81. The molecule has 0 bridgehead atoms. The van der Waals surface area contributed by atoms with Crippen molar-refractivity contribution in [3.8, 4) is 5.69 Å². The summed E-state index contributed by atoms with van der Waals surface area (Å²) in [7, 11) is 0. The van der Waals surface area contributed by atoms with Gasteiger partial charge in [-0.05, 0) is 12.1 Å². The van der Waals surface area contributed by atoms with Crippen molar-refractivity contribution in [2.75, 3.05) is 44.7 Å². The Morgan fingerprint density at radius 1 is 1.12 bits per heavy atom. The summed E-state index contributed by atoms with van der Waals surface area (Å²) in [4.78, 5) is 10.4. The molecule has 0 spiro atoms. The van der Waals surface area contributed by atoms with Gasteiger partial charge < -0.3 is 15.0 Å². The largest absolute Gasteiger partial charge is 0.370 e. The van der Waals surface area contributed by atoms with Crippen LogP contribution in [0.25, 0.3) is 16.7 Å². The van der Waals surface area contributed by atoms with Crippen molar-refractivity contribution in [3.05, 3.63) is 42.9 Å². The first-order chi connectivity index (χ1) is 11.9. The summed E-state index contributed by atoms with van der Waals surface area (Å²) in [6, 6.07) is 10.0. The van der Waals surface area contributed by atoms with Gasteiger partial charge in [-0.15, -0.1) is 0 Å². The Morgan fingerprint density at radius 2 is 1.96 bits per heavy atom. The molecule has 1 saturated heterocycles. The molecule has 0 aliphatic carbocycles. The van der Waals surface area contributed by atoms with Crippen molar-refractivity contribution in [3.63, 3.8) is 0 Å². The van der Waals surface area contributed by atoms with E-state index in [-0.39, 0.29) is 0 Å². The lowest BCUT2D eigenvalue weighted by Crippen LogP contribution is -3.14. The highest BCUT2D eigenvalue weighted by atomic mass is 16.5. The van der Waals surface area contributed by atoms with E-state index in [2.05, 4.69) is 20.4 Å². The van der Waals surface area contributed by atoms with E-state index < -0.39 is 0 Å². The van der Waals surface area contributed by atoms with Crippen molar-refractivity contribution in [2.24, 2.45) is 0 Å². The average molecular weight is 325 g/mol. The van der Waals surface area contributed by atoms with Gasteiger partial charge in [-0.1, -0.05) is 18.2 Å². The normalized spacial score (nSPS) is 15.7. The van der Waals surface area contributed by atoms with Crippen LogP contribution in [0.4, 0.5) is 5.82 Å². The molecule has 0 amide bonds. The summed E-state index contributed by atoms with van der Waals surface area (Å²) < 4.78 is 7.24. The van der Waals surface area contributed by atoms with Gasteiger partial charge in [-0.2, -0.15) is 5.10 Å². The minimum absolute atomic E-state index is 0.817. The lowest BCUT2D eigenvalue weighted by atomic mass is 10.3. The second-order valence-electron chi connectivity index (χ2n) is 5.89. The first kappa shape index (κ1) is 15.0. The van der Waals surface area contributed by atoms with E-state index in [4.69, 9.17) is 4.74 Å². The number of quaternary nitrogens is 1. The molecule has 0 atom stereocenters. The Balaban J connectivity index is 1.51. The molecule has 0 unspecified atom stereocenters. The number of para-hydroxylation sites is 1. The lowest BCUT2D eigenvalue weighted by molar-refractivity contribution is -0.906. The van der Waals surface area contributed by atoms with Gasteiger partial charge in [0.05, 0.1) is 43.6 Å². The quantitative estimate of drug-likeness (QED) is 0.698. The zero-order chi connectivity index (χ0) is 16.2. The monoisotopic (exact) mass is 325 g/mol. The highest BCUT2D eigenvalue weighted by molar-refractivity contribution is 5.87. The highest BCUT2D eigenvalue weighted by Crippen LogP contribution is 2.21. The van der Waals surface area contributed by atoms with Crippen molar-refractivity contribution in [1.82, 2.24) is 19.7 Å². The van der Waals surface area contributed by atoms with E-state index in [0.717, 1.165) is 61.9 Å². The minimum Gasteiger partial charge on any atom is -0.370 e. The Labute approximate surface area is 140 Å². The first-order valence-corrected chi connectivity index (χ1v) is 8.31. The van der Waals surface area contributed by atoms with E-state index in [1.54, 1.807) is 11.2 Å². The zero-order valence-electron chi connectivity index (χ0n) is 13.5. The van der Waals surface area contributed by atoms with Crippen LogP contribution < -0.4 is 10.2 Å². The van der Waals surface area contributed by atoms with Crippen LogP contribution in [-0.2, 0) is 4.74 Å². The second kappa shape index (κ2) is 6.94. The number of ether oxygens (including phenoxy) is 1. The number of nitrogens with zero attached hydrogens (tertiary/aromatic N) is 4. The molecule has 1 aliphatic rings. The van der Waals surface area contributed by atoms with Crippen LogP contribution in [0.5, 0.6) is 0 Å². The molecule has 7 heteroatoms. The molecule has 24 heavy (non-hydrogen) atoms. The zero-order valence-corrected chi connectivity index (χ0v) is 13.5. The van der Waals surface area contributed by atoms with Crippen LogP contribution in [0.2, 0.25) is 0 Å². The van der Waals surface area contributed by atoms with Gasteiger partial charge in [0, 0.05) is 0 Å². The maximum absolute atomic E-state index is 5.39. The van der Waals surface area contributed by atoms with E-state index in [9.17, 15) is 0 Å². The van der Waals surface area contributed by atoms with Gasteiger partial charge in [0.2, 0.25) is 0 Å². The summed E-state index contributed by atoms with van der Waals surface area (Å²) in [6.45, 7) is 5.80. The third kappa shape index (κ3) is 3.08. The van der Waals surface area contributed by atoms with Crippen LogP contribution in [0.1, 0.15) is 0 Å². The first-order valence-electron chi connectivity index (χ1n) is 8.31. The Morgan fingerprint density at radius 3 is 2.79 bits per heavy atom. The SMILES string of the molecule is c1ccc(-n2ncc3c(NCC[NH+]4CCOCC4)ncnc32)cc1. The molecule has 1 aromatic carbocycles. The lowest BCUT2D eigenvalue weighted by Gasteiger charge is -2.23. The molecular weight excluding hydrogens is 304 g/mol. The summed E-state index contributed by atoms with van der Waals surface area (Å²) in [5.74, 6) is 0.842. The van der Waals surface area contributed by atoms with Crippen molar-refractivity contribution in [1.29, 1.82) is 0 Å². The molecule has 3 heterocycles. The third-order valence-electron chi connectivity index (χ3n) is 4.34. The molecule has 0 saturated carbocycles. The number of nitrogens with one attached hydrogen (secondary N) is 2. The molecule has 1 aliphatic heterocycles. The fourth-order valence-electron chi connectivity index (χ4n) is 3.01. The maximum atomic E-state index is 5.39. The molecule has 1 fully saturated rings. The van der Waals surface area contributed by atoms with Crippen LogP contribution in [0, 0.1) is 0 Å². The number of anilines is 1. The van der Waals surface area contributed by atoms with Crippen molar-refractivity contribution >= 4 is 16.9 Å². The van der Waals surface area contributed by atoms with Crippen LogP contribution in [-0.4, -0.2) is 59.1 Å². The van der Waals surface area contributed by atoms with Crippen molar-refractivity contribution in [2.45, 2.75) is 0 Å². The minimum atomic E-state index is 0.817. The van der Waals surface area contributed by atoms with Crippen LogP contribution >= 0.6 is 0 Å². The number of hydrogen-bond acceptors (Lipinski definition) is 5. The number of hydrogen-bond donors (Lipinski definition) is 2. The smallest absolute Gasteiger partial charge is 0.168 e. The molecule has 124 valence electrons. The molecule has 7 nitrogen and oxygen atoms in total. The number of fused-ring (bicyclic) bond motifs is 1. The fraction of sp³-hybridized carbons (Fsp3) is 0.353. The average Bonchev–Trinajstić information content (AvgIpc) is 3.08. The van der Waals surface area contributed by atoms with E-state index in [1.165, 1.54) is 0 Å².